The van der Waals surface area contributed by atoms with Crippen LogP contribution in [-0.4, -0.2) is 31.8 Å². The van der Waals surface area contributed by atoms with E-state index < -0.39 is 4.92 Å². The SMILES string of the molecule is CCN(Cc1ccccc1Cl)C(=O)CCn1cc([N+](=O)[O-])nc1C. The smallest absolute Gasteiger partial charge is 0.358 e. The zero-order valence-corrected chi connectivity index (χ0v) is 14.4. The second-order valence-corrected chi connectivity index (χ2v) is 5.75. The van der Waals surface area contributed by atoms with Crippen molar-refractivity contribution in [1.82, 2.24) is 14.5 Å². The Hall–Kier alpha value is -2.41. The van der Waals surface area contributed by atoms with E-state index in [4.69, 9.17) is 11.6 Å². The first-order valence-corrected chi connectivity index (χ1v) is 7.99. The number of nitro groups is 1. The molecule has 0 radical (unpaired) electrons. The van der Waals surface area contributed by atoms with Crippen molar-refractivity contribution in [2.75, 3.05) is 6.54 Å². The van der Waals surface area contributed by atoms with Crippen molar-refractivity contribution >= 4 is 23.3 Å². The summed E-state index contributed by atoms with van der Waals surface area (Å²) >= 11 is 6.14. The lowest BCUT2D eigenvalue weighted by Crippen LogP contribution is -2.31. The number of imidazole rings is 1. The van der Waals surface area contributed by atoms with E-state index in [1.807, 2.05) is 25.1 Å². The number of benzene rings is 1. The van der Waals surface area contributed by atoms with Crippen LogP contribution < -0.4 is 0 Å². The number of hydrogen-bond donors (Lipinski definition) is 0. The Morgan fingerprint density at radius 2 is 2.12 bits per heavy atom. The lowest BCUT2D eigenvalue weighted by atomic mass is 10.2. The molecule has 0 aliphatic carbocycles. The summed E-state index contributed by atoms with van der Waals surface area (Å²) in [6.45, 7) is 4.94. The number of rotatable bonds is 7. The summed E-state index contributed by atoms with van der Waals surface area (Å²) in [6.07, 6.45) is 1.60. The van der Waals surface area contributed by atoms with Gasteiger partial charge in [-0.05, 0) is 28.5 Å². The van der Waals surface area contributed by atoms with E-state index in [2.05, 4.69) is 4.98 Å². The van der Waals surface area contributed by atoms with Gasteiger partial charge in [0, 0.05) is 38.0 Å². The first-order valence-electron chi connectivity index (χ1n) is 7.61. The molecule has 8 heteroatoms. The van der Waals surface area contributed by atoms with E-state index in [0.29, 0.717) is 30.5 Å². The average Bonchev–Trinajstić information content (AvgIpc) is 2.93. The second-order valence-electron chi connectivity index (χ2n) is 5.35. The molecule has 24 heavy (non-hydrogen) atoms. The molecule has 0 unspecified atom stereocenters. The second kappa shape index (κ2) is 7.92. The third kappa shape index (κ3) is 4.32. The molecule has 1 heterocycles. The van der Waals surface area contributed by atoms with Gasteiger partial charge in [0.05, 0.1) is 0 Å². The topological polar surface area (TPSA) is 81.3 Å². The van der Waals surface area contributed by atoms with Crippen LogP contribution in [0, 0.1) is 17.0 Å². The van der Waals surface area contributed by atoms with Crippen molar-refractivity contribution in [3.05, 3.63) is 57.0 Å². The highest BCUT2D eigenvalue weighted by molar-refractivity contribution is 6.31. The summed E-state index contributed by atoms with van der Waals surface area (Å²) in [4.78, 5) is 28.2. The molecule has 0 saturated heterocycles. The minimum Gasteiger partial charge on any atom is -0.358 e. The molecule has 1 aromatic heterocycles. The minimum atomic E-state index is -0.541. The molecule has 0 spiro atoms. The lowest BCUT2D eigenvalue weighted by Gasteiger charge is -2.21. The number of aromatic nitrogens is 2. The number of carbonyl (C=O) groups excluding carboxylic acids is 1. The molecule has 0 atom stereocenters. The van der Waals surface area contributed by atoms with E-state index >= 15 is 0 Å². The Morgan fingerprint density at radius 3 is 2.71 bits per heavy atom. The van der Waals surface area contributed by atoms with Gasteiger partial charge in [0.25, 0.3) is 0 Å². The van der Waals surface area contributed by atoms with Crippen LogP contribution in [0.4, 0.5) is 5.82 Å². The first kappa shape index (κ1) is 17.9. The van der Waals surface area contributed by atoms with Crippen LogP contribution in [-0.2, 0) is 17.9 Å². The average molecular weight is 351 g/mol. The molecule has 7 nitrogen and oxygen atoms in total. The molecule has 0 N–H and O–H groups in total. The van der Waals surface area contributed by atoms with Gasteiger partial charge in [0.1, 0.15) is 6.20 Å². The van der Waals surface area contributed by atoms with Crippen molar-refractivity contribution < 1.29 is 9.72 Å². The zero-order valence-electron chi connectivity index (χ0n) is 13.6. The fourth-order valence-corrected chi connectivity index (χ4v) is 2.58. The largest absolute Gasteiger partial charge is 0.381 e. The molecule has 0 fully saturated rings. The Morgan fingerprint density at radius 1 is 1.42 bits per heavy atom. The first-order chi connectivity index (χ1) is 11.4. The van der Waals surface area contributed by atoms with Gasteiger partial charge in [-0.25, -0.2) is 0 Å². The van der Waals surface area contributed by atoms with E-state index in [9.17, 15) is 14.9 Å². The molecule has 0 aliphatic rings. The minimum absolute atomic E-state index is 0.0341. The third-order valence-corrected chi connectivity index (χ3v) is 4.14. The Balaban J connectivity index is 2.00. The quantitative estimate of drug-likeness (QED) is 0.567. The predicted octanol–water partition coefficient (Wildman–Crippen LogP) is 3.19. The van der Waals surface area contributed by atoms with Crippen molar-refractivity contribution in [1.29, 1.82) is 0 Å². The van der Waals surface area contributed by atoms with Gasteiger partial charge in [0.2, 0.25) is 11.7 Å². The van der Waals surface area contributed by atoms with Crippen LogP contribution in [0.3, 0.4) is 0 Å². The third-order valence-electron chi connectivity index (χ3n) is 3.77. The maximum absolute atomic E-state index is 12.4. The maximum atomic E-state index is 12.4. The molecule has 128 valence electrons. The summed E-state index contributed by atoms with van der Waals surface area (Å²) in [5, 5.41) is 11.4. The van der Waals surface area contributed by atoms with Gasteiger partial charge >= 0.3 is 5.82 Å². The molecule has 2 rings (SSSR count). The van der Waals surface area contributed by atoms with Gasteiger partial charge in [-0.1, -0.05) is 29.8 Å². The normalized spacial score (nSPS) is 10.6. The van der Waals surface area contributed by atoms with Crippen LogP contribution in [0.5, 0.6) is 0 Å². The number of nitrogens with zero attached hydrogens (tertiary/aromatic N) is 4. The summed E-state index contributed by atoms with van der Waals surface area (Å²) < 4.78 is 1.62. The molecular formula is C16H19ClN4O3. The van der Waals surface area contributed by atoms with Gasteiger partial charge in [-0.15, -0.1) is 0 Å². The van der Waals surface area contributed by atoms with Crippen molar-refractivity contribution in [3.8, 4) is 0 Å². The summed E-state index contributed by atoms with van der Waals surface area (Å²) in [5.74, 6) is 0.278. The van der Waals surface area contributed by atoms with Crippen molar-refractivity contribution in [2.45, 2.75) is 33.4 Å². The highest BCUT2D eigenvalue weighted by Crippen LogP contribution is 2.18. The lowest BCUT2D eigenvalue weighted by molar-refractivity contribution is -0.389. The van der Waals surface area contributed by atoms with Crippen LogP contribution >= 0.6 is 11.6 Å². The molecule has 1 amide bonds. The van der Waals surface area contributed by atoms with Gasteiger partial charge in [0.15, 0.2) is 0 Å². The van der Waals surface area contributed by atoms with Crippen LogP contribution in [0.1, 0.15) is 24.7 Å². The van der Waals surface area contributed by atoms with E-state index in [-0.39, 0.29) is 18.1 Å². The maximum Gasteiger partial charge on any atom is 0.381 e. The van der Waals surface area contributed by atoms with Crippen molar-refractivity contribution in [3.63, 3.8) is 0 Å². The zero-order chi connectivity index (χ0) is 17.7. The fourth-order valence-electron chi connectivity index (χ4n) is 2.39. The van der Waals surface area contributed by atoms with Gasteiger partial charge < -0.3 is 19.6 Å². The monoisotopic (exact) mass is 350 g/mol. The number of hydrogen-bond acceptors (Lipinski definition) is 4. The van der Waals surface area contributed by atoms with Gasteiger partial charge in [-0.3, -0.25) is 4.79 Å². The number of aryl methyl sites for hydroxylation is 2. The number of carbonyl (C=O) groups is 1. The summed E-state index contributed by atoms with van der Waals surface area (Å²) in [6, 6.07) is 7.41. The standard InChI is InChI=1S/C16H19ClN4O3/c1-3-19(10-13-6-4-5-7-14(13)17)16(22)8-9-20-11-15(21(23)24)18-12(20)2/h4-7,11H,3,8-10H2,1-2H3. The Kier molecular flexibility index (Phi) is 5.92. The number of amides is 1. The highest BCUT2D eigenvalue weighted by Gasteiger charge is 2.18. The van der Waals surface area contributed by atoms with E-state index in [1.54, 1.807) is 22.5 Å². The molecule has 1 aromatic carbocycles. The van der Waals surface area contributed by atoms with Gasteiger partial charge in [-0.2, -0.15) is 0 Å². The Labute approximate surface area is 145 Å². The predicted molar refractivity (Wildman–Crippen MR) is 90.8 cm³/mol. The molecule has 0 bridgehead atoms. The fraction of sp³-hybridized carbons (Fsp3) is 0.375. The highest BCUT2D eigenvalue weighted by atomic mass is 35.5. The molecule has 0 aliphatic heterocycles. The van der Waals surface area contributed by atoms with Crippen LogP contribution in [0.2, 0.25) is 5.02 Å². The molecular weight excluding hydrogens is 332 g/mol. The molecule has 2 aromatic rings. The van der Waals surface area contributed by atoms with Crippen LogP contribution in [0.25, 0.3) is 0 Å². The van der Waals surface area contributed by atoms with E-state index in [1.165, 1.54) is 6.20 Å². The van der Waals surface area contributed by atoms with Crippen molar-refractivity contribution in [2.24, 2.45) is 0 Å². The number of halogens is 1. The molecule has 0 saturated carbocycles. The van der Waals surface area contributed by atoms with Crippen LogP contribution in [0.15, 0.2) is 30.5 Å². The Bertz CT molecular complexity index is 745. The summed E-state index contributed by atoms with van der Waals surface area (Å²) in [5.41, 5.74) is 0.892. The summed E-state index contributed by atoms with van der Waals surface area (Å²) in [7, 11) is 0. The van der Waals surface area contributed by atoms with E-state index in [0.717, 1.165) is 5.56 Å².